The van der Waals surface area contributed by atoms with Crippen LogP contribution in [0.3, 0.4) is 0 Å². The molecule has 0 amide bonds. The van der Waals surface area contributed by atoms with Crippen molar-refractivity contribution in [2.45, 2.75) is 48.6 Å². The number of ether oxygens (including phenoxy) is 1. The van der Waals surface area contributed by atoms with Crippen LogP contribution in [-0.2, 0) is 22.0 Å². The van der Waals surface area contributed by atoms with Crippen LogP contribution in [0, 0.1) is 0 Å². The average Bonchev–Trinajstić information content (AvgIpc) is 2.74. The second-order valence-electron chi connectivity index (χ2n) is 6.04. The number of hydrogen-bond acceptors (Lipinski definition) is 3. The van der Waals surface area contributed by atoms with Gasteiger partial charge in [0.25, 0.3) is 0 Å². The highest BCUT2D eigenvalue weighted by Crippen LogP contribution is 2.34. The molecule has 3 rings (SSSR count). The van der Waals surface area contributed by atoms with Gasteiger partial charge in [-0.25, -0.2) is 0 Å². The molecule has 0 spiro atoms. The van der Waals surface area contributed by atoms with Gasteiger partial charge in [0.1, 0.15) is 0 Å². The van der Waals surface area contributed by atoms with Crippen molar-refractivity contribution in [2.75, 3.05) is 20.3 Å². The summed E-state index contributed by atoms with van der Waals surface area (Å²) < 4.78 is 18.5. The summed E-state index contributed by atoms with van der Waals surface area (Å²) in [6.07, 6.45) is 5.18. The van der Waals surface area contributed by atoms with Crippen LogP contribution >= 0.6 is 0 Å². The van der Waals surface area contributed by atoms with Gasteiger partial charge in [-0.1, -0.05) is 24.3 Å². The lowest BCUT2D eigenvalue weighted by Gasteiger charge is -2.31. The standard InChI is InChI=1S/C17H25NO2S/c1-18-17-15-7-3-2-5-13(15)6-4-8-16(17)21(19)14-9-11-20-12-10-14/h2-3,5,7,14,16-18H,4,6,8-12H2,1H3. The van der Waals surface area contributed by atoms with Crippen LogP contribution in [0.2, 0.25) is 0 Å². The molecule has 1 fully saturated rings. The lowest BCUT2D eigenvalue weighted by molar-refractivity contribution is 0.0990. The van der Waals surface area contributed by atoms with E-state index < -0.39 is 10.8 Å². The third-order valence-corrected chi connectivity index (χ3v) is 7.04. The fourth-order valence-electron chi connectivity index (χ4n) is 3.67. The molecule has 0 aromatic heterocycles. The summed E-state index contributed by atoms with van der Waals surface area (Å²) >= 11 is 0. The van der Waals surface area contributed by atoms with E-state index in [9.17, 15) is 4.21 Å². The first kappa shape index (κ1) is 15.2. The Balaban J connectivity index is 1.85. The molecule has 1 N–H and O–H groups in total. The topological polar surface area (TPSA) is 38.3 Å². The largest absolute Gasteiger partial charge is 0.381 e. The molecule has 0 saturated carbocycles. The molecule has 3 nitrogen and oxygen atoms in total. The van der Waals surface area contributed by atoms with Crippen LogP contribution in [-0.4, -0.2) is 35.0 Å². The quantitative estimate of drug-likeness (QED) is 0.872. The summed E-state index contributed by atoms with van der Waals surface area (Å²) in [6, 6.07) is 8.85. The fraction of sp³-hybridized carbons (Fsp3) is 0.647. The summed E-state index contributed by atoms with van der Waals surface area (Å²) in [6.45, 7) is 1.54. The third kappa shape index (κ3) is 3.22. The summed E-state index contributed by atoms with van der Waals surface area (Å²) in [5, 5.41) is 3.98. The molecule has 1 aliphatic carbocycles. The predicted molar refractivity (Wildman–Crippen MR) is 87.0 cm³/mol. The third-order valence-electron chi connectivity index (χ3n) is 4.80. The van der Waals surface area contributed by atoms with Gasteiger partial charge in [-0.2, -0.15) is 0 Å². The molecule has 1 aliphatic heterocycles. The molecule has 116 valence electrons. The number of nitrogens with one attached hydrogen (secondary N) is 1. The van der Waals surface area contributed by atoms with Gasteiger partial charge < -0.3 is 10.1 Å². The van der Waals surface area contributed by atoms with E-state index in [1.165, 1.54) is 11.1 Å². The Morgan fingerprint density at radius 1 is 1.19 bits per heavy atom. The molecule has 2 aliphatic rings. The molecule has 0 bridgehead atoms. The normalized spacial score (nSPS) is 28.6. The minimum Gasteiger partial charge on any atom is -0.381 e. The van der Waals surface area contributed by atoms with E-state index in [-0.39, 0.29) is 11.3 Å². The molecule has 4 heteroatoms. The van der Waals surface area contributed by atoms with E-state index in [0.717, 1.165) is 45.3 Å². The zero-order valence-corrected chi connectivity index (χ0v) is 13.5. The Labute approximate surface area is 129 Å². The molecule has 1 heterocycles. The first-order valence-corrected chi connectivity index (χ1v) is 9.31. The first-order valence-electron chi connectivity index (χ1n) is 8.03. The maximum absolute atomic E-state index is 13.1. The highest BCUT2D eigenvalue weighted by Gasteiger charge is 2.34. The Bertz CT molecular complexity index is 499. The number of aryl methyl sites for hydroxylation is 1. The zero-order valence-electron chi connectivity index (χ0n) is 12.7. The SMILES string of the molecule is CNC1c2ccccc2CCCC1S(=O)C1CCOCC1. The summed E-state index contributed by atoms with van der Waals surface area (Å²) in [5.41, 5.74) is 2.77. The first-order chi connectivity index (χ1) is 10.3. The van der Waals surface area contributed by atoms with Crippen molar-refractivity contribution in [2.24, 2.45) is 0 Å². The van der Waals surface area contributed by atoms with Crippen molar-refractivity contribution >= 4 is 10.8 Å². The van der Waals surface area contributed by atoms with E-state index in [1.807, 2.05) is 7.05 Å². The maximum Gasteiger partial charge on any atom is 0.0545 e. The van der Waals surface area contributed by atoms with Gasteiger partial charge in [-0.05, 0) is 50.3 Å². The zero-order chi connectivity index (χ0) is 14.7. The average molecular weight is 307 g/mol. The summed E-state index contributed by atoms with van der Waals surface area (Å²) in [5.74, 6) is 0. The van der Waals surface area contributed by atoms with Crippen LogP contribution in [0.25, 0.3) is 0 Å². The van der Waals surface area contributed by atoms with E-state index in [4.69, 9.17) is 4.74 Å². The highest BCUT2D eigenvalue weighted by molar-refractivity contribution is 7.86. The van der Waals surface area contributed by atoms with E-state index in [1.54, 1.807) is 0 Å². The molecule has 1 saturated heterocycles. The van der Waals surface area contributed by atoms with Crippen LogP contribution in [0.15, 0.2) is 24.3 Å². The van der Waals surface area contributed by atoms with Crippen LogP contribution in [0.5, 0.6) is 0 Å². The lowest BCUT2D eigenvalue weighted by atomic mass is 9.99. The van der Waals surface area contributed by atoms with Crippen LogP contribution in [0.1, 0.15) is 42.9 Å². The van der Waals surface area contributed by atoms with E-state index in [2.05, 4.69) is 29.6 Å². The molecule has 21 heavy (non-hydrogen) atoms. The fourth-order valence-corrected chi connectivity index (χ4v) is 5.77. The van der Waals surface area contributed by atoms with Gasteiger partial charge in [0.2, 0.25) is 0 Å². The lowest BCUT2D eigenvalue weighted by Crippen LogP contribution is -2.38. The van der Waals surface area contributed by atoms with Crippen LogP contribution < -0.4 is 5.32 Å². The molecule has 3 atom stereocenters. The Morgan fingerprint density at radius 2 is 1.95 bits per heavy atom. The Morgan fingerprint density at radius 3 is 2.71 bits per heavy atom. The summed E-state index contributed by atoms with van der Waals surface area (Å²) in [4.78, 5) is 0. The second kappa shape index (κ2) is 7.03. The number of benzene rings is 1. The van der Waals surface area contributed by atoms with Gasteiger partial charge >= 0.3 is 0 Å². The maximum atomic E-state index is 13.1. The molecular weight excluding hydrogens is 282 g/mol. The number of hydrogen-bond donors (Lipinski definition) is 1. The number of rotatable bonds is 3. The Kier molecular flexibility index (Phi) is 5.09. The van der Waals surface area contributed by atoms with Crippen molar-refractivity contribution in [3.8, 4) is 0 Å². The van der Waals surface area contributed by atoms with E-state index >= 15 is 0 Å². The molecule has 3 unspecified atom stereocenters. The van der Waals surface area contributed by atoms with Gasteiger partial charge in [0.05, 0.1) is 5.25 Å². The van der Waals surface area contributed by atoms with Gasteiger partial charge in [-0.3, -0.25) is 4.21 Å². The number of fused-ring (bicyclic) bond motifs is 1. The van der Waals surface area contributed by atoms with Gasteiger partial charge in [0.15, 0.2) is 0 Å². The molecule has 1 aromatic rings. The minimum absolute atomic E-state index is 0.215. The van der Waals surface area contributed by atoms with Crippen molar-refractivity contribution in [1.29, 1.82) is 0 Å². The second-order valence-corrected chi connectivity index (χ2v) is 7.97. The molecule has 1 aromatic carbocycles. The van der Waals surface area contributed by atoms with Crippen molar-refractivity contribution < 1.29 is 8.95 Å². The smallest absolute Gasteiger partial charge is 0.0545 e. The van der Waals surface area contributed by atoms with Gasteiger partial charge in [0, 0.05) is 35.3 Å². The molecule has 0 radical (unpaired) electrons. The Hall–Kier alpha value is -0.710. The van der Waals surface area contributed by atoms with Crippen molar-refractivity contribution in [3.63, 3.8) is 0 Å². The minimum atomic E-state index is -0.784. The van der Waals surface area contributed by atoms with Crippen molar-refractivity contribution in [1.82, 2.24) is 5.32 Å². The van der Waals surface area contributed by atoms with Crippen LogP contribution in [0.4, 0.5) is 0 Å². The predicted octanol–water partition coefficient (Wildman–Crippen LogP) is 2.58. The van der Waals surface area contributed by atoms with Crippen molar-refractivity contribution in [3.05, 3.63) is 35.4 Å². The molecular formula is C17H25NO2S. The van der Waals surface area contributed by atoms with E-state index in [0.29, 0.717) is 5.25 Å². The summed E-state index contributed by atoms with van der Waals surface area (Å²) in [7, 11) is 1.22. The highest BCUT2D eigenvalue weighted by atomic mass is 32.2. The van der Waals surface area contributed by atoms with Gasteiger partial charge in [-0.15, -0.1) is 0 Å². The monoisotopic (exact) mass is 307 g/mol.